The van der Waals surface area contributed by atoms with E-state index < -0.39 is 0 Å². The van der Waals surface area contributed by atoms with Crippen LogP contribution in [0.1, 0.15) is 18.2 Å². The summed E-state index contributed by atoms with van der Waals surface area (Å²) < 4.78 is 5.18. The Balaban J connectivity index is 1.78. The first-order chi connectivity index (χ1) is 13.1. The quantitative estimate of drug-likeness (QED) is 0.715. The number of nitrogens with zero attached hydrogens (tertiary/aromatic N) is 3. The molecule has 0 fully saturated rings. The minimum atomic E-state index is -0.0500. The van der Waals surface area contributed by atoms with Gasteiger partial charge in [0.15, 0.2) is 0 Å². The summed E-state index contributed by atoms with van der Waals surface area (Å²) in [7, 11) is 1.61. The molecule has 0 saturated carbocycles. The Morgan fingerprint density at radius 1 is 1.11 bits per heavy atom. The van der Waals surface area contributed by atoms with Gasteiger partial charge in [0, 0.05) is 35.8 Å². The standard InChI is InChI=1S/C21H22N4O2/c1-15-17(13-22-21(23-15)24-18-7-5-4-6-8-18)14-25(16(2)26)19-9-11-20(27-3)12-10-19/h4-13H,14H2,1-3H3,(H,22,23,24). The van der Waals surface area contributed by atoms with Gasteiger partial charge in [-0.1, -0.05) is 18.2 Å². The molecule has 3 rings (SSSR count). The highest BCUT2D eigenvalue weighted by atomic mass is 16.5. The van der Waals surface area contributed by atoms with Crippen LogP contribution < -0.4 is 15.0 Å². The molecule has 138 valence electrons. The maximum Gasteiger partial charge on any atom is 0.227 e. The molecule has 0 aliphatic carbocycles. The molecule has 2 aromatic carbocycles. The number of nitrogens with one attached hydrogen (secondary N) is 1. The Labute approximate surface area is 158 Å². The molecule has 3 aromatic rings. The summed E-state index contributed by atoms with van der Waals surface area (Å²) in [4.78, 5) is 22.8. The van der Waals surface area contributed by atoms with E-state index >= 15 is 0 Å². The number of rotatable bonds is 6. The molecule has 0 unspecified atom stereocenters. The molecule has 1 amide bonds. The van der Waals surface area contributed by atoms with E-state index in [0.29, 0.717) is 12.5 Å². The number of methoxy groups -OCH3 is 1. The van der Waals surface area contributed by atoms with Crippen molar-refractivity contribution in [3.63, 3.8) is 0 Å². The van der Waals surface area contributed by atoms with Crippen molar-refractivity contribution in [3.05, 3.63) is 72.1 Å². The Morgan fingerprint density at radius 2 is 1.81 bits per heavy atom. The van der Waals surface area contributed by atoms with E-state index in [1.807, 2.05) is 61.5 Å². The van der Waals surface area contributed by atoms with Crippen molar-refractivity contribution in [2.24, 2.45) is 0 Å². The number of ether oxygens (including phenoxy) is 1. The predicted molar refractivity (Wildman–Crippen MR) is 106 cm³/mol. The lowest BCUT2D eigenvalue weighted by atomic mass is 10.2. The summed E-state index contributed by atoms with van der Waals surface area (Å²) in [5.41, 5.74) is 3.44. The Kier molecular flexibility index (Phi) is 5.66. The summed E-state index contributed by atoms with van der Waals surface area (Å²) >= 11 is 0. The third-order valence-corrected chi connectivity index (χ3v) is 4.20. The van der Waals surface area contributed by atoms with Crippen LogP contribution in [-0.4, -0.2) is 23.0 Å². The van der Waals surface area contributed by atoms with Crippen molar-refractivity contribution in [3.8, 4) is 5.75 Å². The van der Waals surface area contributed by atoms with Crippen LogP contribution >= 0.6 is 0 Å². The molecular weight excluding hydrogens is 340 g/mol. The molecule has 1 aromatic heterocycles. The number of carbonyl (C=O) groups is 1. The average Bonchev–Trinajstić information content (AvgIpc) is 2.68. The number of aryl methyl sites for hydroxylation is 1. The number of anilines is 3. The predicted octanol–water partition coefficient (Wildman–Crippen LogP) is 4.09. The van der Waals surface area contributed by atoms with Gasteiger partial charge in [0.2, 0.25) is 11.9 Å². The number of carbonyl (C=O) groups excluding carboxylic acids is 1. The number of aromatic nitrogens is 2. The molecule has 0 saturated heterocycles. The first-order valence-electron chi connectivity index (χ1n) is 8.63. The lowest BCUT2D eigenvalue weighted by Gasteiger charge is -2.22. The van der Waals surface area contributed by atoms with Gasteiger partial charge in [-0.25, -0.2) is 9.97 Å². The van der Waals surface area contributed by atoms with E-state index in [0.717, 1.165) is 28.4 Å². The van der Waals surface area contributed by atoms with Crippen LogP contribution in [0.25, 0.3) is 0 Å². The van der Waals surface area contributed by atoms with Gasteiger partial charge in [0.25, 0.3) is 0 Å². The zero-order chi connectivity index (χ0) is 19.2. The smallest absolute Gasteiger partial charge is 0.227 e. The fourth-order valence-corrected chi connectivity index (χ4v) is 2.67. The van der Waals surface area contributed by atoms with Gasteiger partial charge < -0.3 is 15.0 Å². The van der Waals surface area contributed by atoms with Gasteiger partial charge in [-0.15, -0.1) is 0 Å². The van der Waals surface area contributed by atoms with Crippen LogP contribution in [0.2, 0.25) is 0 Å². The van der Waals surface area contributed by atoms with Gasteiger partial charge in [0.1, 0.15) is 5.75 Å². The molecule has 6 nitrogen and oxygen atoms in total. The summed E-state index contributed by atoms with van der Waals surface area (Å²) in [5.74, 6) is 1.23. The maximum atomic E-state index is 12.2. The van der Waals surface area contributed by atoms with Crippen LogP contribution in [0.5, 0.6) is 5.75 Å². The number of hydrogen-bond acceptors (Lipinski definition) is 5. The van der Waals surface area contributed by atoms with Gasteiger partial charge in [-0.3, -0.25) is 4.79 Å². The van der Waals surface area contributed by atoms with Crippen molar-refractivity contribution in [1.29, 1.82) is 0 Å². The fraction of sp³-hybridized carbons (Fsp3) is 0.190. The van der Waals surface area contributed by atoms with E-state index in [1.54, 1.807) is 25.1 Å². The molecule has 0 aliphatic heterocycles. The molecular formula is C21H22N4O2. The zero-order valence-electron chi connectivity index (χ0n) is 15.6. The Morgan fingerprint density at radius 3 is 2.41 bits per heavy atom. The van der Waals surface area contributed by atoms with Crippen molar-refractivity contribution in [2.45, 2.75) is 20.4 Å². The van der Waals surface area contributed by atoms with Crippen LogP contribution in [0.3, 0.4) is 0 Å². The maximum absolute atomic E-state index is 12.2. The lowest BCUT2D eigenvalue weighted by molar-refractivity contribution is -0.116. The van der Waals surface area contributed by atoms with E-state index in [4.69, 9.17) is 4.74 Å². The highest BCUT2D eigenvalue weighted by Crippen LogP contribution is 2.22. The SMILES string of the molecule is COc1ccc(N(Cc2cnc(Nc3ccccc3)nc2C)C(C)=O)cc1. The van der Waals surface area contributed by atoms with Gasteiger partial charge in [-0.2, -0.15) is 0 Å². The van der Waals surface area contributed by atoms with Gasteiger partial charge in [0.05, 0.1) is 13.7 Å². The molecule has 27 heavy (non-hydrogen) atoms. The molecule has 0 bridgehead atoms. The average molecular weight is 362 g/mol. The topological polar surface area (TPSA) is 67.3 Å². The molecule has 1 heterocycles. The van der Waals surface area contributed by atoms with Crippen molar-refractivity contribution in [2.75, 3.05) is 17.3 Å². The Hall–Kier alpha value is -3.41. The van der Waals surface area contributed by atoms with Crippen LogP contribution in [-0.2, 0) is 11.3 Å². The molecule has 0 spiro atoms. The van der Waals surface area contributed by atoms with Crippen LogP contribution in [0, 0.1) is 6.92 Å². The Bertz CT molecular complexity index is 911. The van der Waals surface area contributed by atoms with Crippen molar-refractivity contribution >= 4 is 23.2 Å². The van der Waals surface area contributed by atoms with Crippen molar-refractivity contribution < 1.29 is 9.53 Å². The summed E-state index contributed by atoms with van der Waals surface area (Å²) in [6.45, 7) is 3.87. The number of hydrogen-bond donors (Lipinski definition) is 1. The lowest BCUT2D eigenvalue weighted by Crippen LogP contribution is -2.28. The minimum Gasteiger partial charge on any atom is -0.497 e. The van der Waals surface area contributed by atoms with E-state index in [9.17, 15) is 4.79 Å². The second-order valence-electron chi connectivity index (χ2n) is 6.10. The minimum absolute atomic E-state index is 0.0500. The first-order valence-corrected chi connectivity index (χ1v) is 8.63. The van der Waals surface area contributed by atoms with E-state index in [1.165, 1.54) is 0 Å². The third-order valence-electron chi connectivity index (χ3n) is 4.20. The number of benzene rings is 2. The zero-order valence-corrected chi connectivity index (χ0v) is 15.6. The largest absolute Gasteiger partial charge is 0.497 e. The van der Waals surface area contributed by atoms with E-state index in [2.05, 4.69) is 15.3 Å². The molecule has 1 N–H and O–H groups in total. The fourth-order valence-electron chi connectivity index (χ4n) is 2.67. The summed E-state index contributed by atoms with van der Waals surface area (Å²) in [6, 6.07) is 17.1. The van der Waals surface area contributed by atoms with Crippen LogP contribution in [0.15, 0.2) is 60.8 Å². The molecule has 0 radical (unpaired) electrons. The highest BCUT2D eigenvalue weighted by Gasteiger charge is 2.15. The van der Waals surface area contributed by atoms with Gasteiger partial charge >= 0.3 is 0 Å². The molecule has 6 heteroatoms. The monoisotopic (exact) mass is 362 g/mol. The molecule has 0 aliphatic rings. The number of amides is 1. The third kappa shape index (κ3) is 4.61. The molecule has 0 atom stereocenters. The summed E-state index contributed by atoms with van der Waals surface area (Å²) in [6.07, 6.45) is 1.76. The normalized spacial score (nSPS) is 10.3. The highest BCUT2D eigenvalue weighted by molar-refractivity contribution is 5.91. The van der Waals surface area contributed by atoms with Crippen LogP contribution in [0.4, 0.5) is 17.3 Å². The first kappa shape index (κ1) is 18.4. The van der Waals surface area contributed by atoms with E-state index in [-0.39, 0.29) is 5.91 Å². The van der Waals surface area contributed by atoms with Gasteiger partial charge in [-0.05, 0) is 43.3 Å². The van der Waals surface area contributed by atoms with Crippen molar-refractivity contribution in [1.82, 2.24) is 9.97 Å². The second kappa shape index (κ2) is 8.31. The summed E-state index contributed by atoms with van der Waals surface area (Å²) in [5, 5.41) is 3.18. The second-order valence-corrected chi connectivity index (χ2v) is 6.10. The number of para-hydroxylation sites is 1.